The third-order valence-corrected chi connectivity index (χ3v) is 3.08. The molecule has 2 heteroatoms. The minimum atomic E-state index is 0.128. The fraction of sp³-hybridized carbons (Fsp3) is 0.368. The van der Waals surface area contributed by atoms with Crippen LogP contribution in [0.4, 0.5) is 0 Å². The minimum Gasteiger partial charge on any atom is -0.508 e. The van der Waals surface area contributed by atoms with E-state index in [2.05, 4.69) is 43.4 Å². The molecule has 21 heavy (non-hydrogen) atoms. The van der Waals surface area contributed by atoms with Crippen LogP contribution in [-0.2, 0) is 6.42 Å². The van der Waals surface area contributed by atoms with Crippen molar-refractivity contribution >= 4 is 0 Å². The first-order chi connectivity index (χ1) is 10.2. The highest BCUT2D eigenvalue weighted by Gasteiger charge is 1.98. The molecule has 1 aromatic carbocycles. The molecule has 0 aliphatic heterocycles. The SMILES string of the molecule is CCC=CCC=CCC=CCCCc1cc(O)cc(O)c1. The third kappa shape index (κ3) is 8.74. The van der Waals surface area contributed by atoms with Gasteiger partial charge in [0.2, 0.25) is 0 Å². The summed E-state index contributed by atoms with van der Waals surface area (Å²) in [5.41, 5.74) is 0.975. The van der Waals surface area contributed by atoms with Gasteiger partial charge in [0.1, 0.15) is 11.5 Å². The molecule has 0 bridgehead atoms. The second-order valence-corrected chi connectivity index (χ2v) is 5.04. The van der Waals surface area contributed by atoms with Gasteiger partial charge in [0.15, 0.2) is 0 Å². The Bertz CT molecular complexity index is 464. The van der Waals surface area contributed by atoms with Crippen molar-refractivity contribution in [2.24, 2.45) is 0 Å². The van der Waals surface area contributed by atoms with E-state index in [0.29, 0.717) is 0 Å². The van der Waals surface area contributed by atoms with Crippen LogP contribution in [0.5, 0.6) is 11.5 Å². The Hall–Kier alpha value is -1.96. The smallest absolute Gasteiger partial charge is 0.119 e. The van der Waals surface area contributed by atoms with Gasteiger partial charge in [0.25, 0.3) is 0 Å². The van der Waals surface area contributed by atoms with Gasteiger partial charge < -0.3 is 10.2 Å². The van der Waals surface area contributed by atoms with Crippen LogP contribution in [0.15, 0.2) is 54.7 Å². The number of benzene rings is 1. The Labute approximate surface area is 128 Å². The number of phenolic OH excluding ortho intramolecular Hbond substituents is 2. The molecular weight excluding hydrogens is 260 g/mol. The van der Waals surface area contributed by atoms with Crippen molar-refractivity contribution in [2.75, 3.05) is 0 Å². The second-order valence-electron chi connectivity index (χ2n) is 5.04. The van der Waals surface area contributed by atoms with Crippen LogP contribution in [0.1, 0.15) is 44.6 Å². The molecule has 1 rings (SSSR count). The molecule has 0 aliphatic carbocycles. The molecule has 0 spiro atoms. The maximum absolute atomic E-state index is 9.38. The van der Waals surface area contributed by atoms with E-state index in [1.807, 2.05) is 0 Å². The predicted molar refractivity (Wildman–Crippen MR) is 89.7 cm³/mol. The van der Waals surface area contributed by atoms with Crippen molar-refractivity contribution in [3.8, 4) is 11.5 Å². The van der Waals surface area contributed by atoms with Gasteiger partial charge in [0, 0.05) is 6.07 Å². The van der Waals surface area contributed by atoms with Crippen LogP contribution in [0.2, 0.25) is 0 Å². The first-order valence-electron chi connectivity index (χ1n) is 7.69. The van der Waals surface area contributed by atoms with Crippen LogP contribution in [-0.4, -0.2) is 10.2 Å². The van der Waals surface area contributed by atoms with Crippen molar-refractivity contribution in [1.82, 2.24) is 0 Å². The van der Waals surface area contributed by atoms with Gasteiger partial charge in [-0.15, -0.1) is 0 Å². The molecule has 0 aromatic heterocycles. The fourth-order valence-electron chi connectivity index (χ4n) is 2.05. The van der Waals surface area contributed by atoms with E-state index in [0.717, 1.165) is 44.1 Å². The van der Waals surface area contributed by atoms with Gasteiger partial charge in [-0.1, -0.05) is 43.4 Å². The van der Waals surface area contributed by atoms with Crippen molar-refractivity contribution in [3.63, 3.8) is 0 Å². The van der Waals surface area contributed by atoms with E-state index >= 15 is 0 Å². The van der Waals surface area contributed by atoms with E-state index in [9.17, 15) is 10.2 Å². The number of rotatable bonds is 9. The molecule has 0 saturated carbocycles. The lowest BCUT2D eigenvalue weighted by molar-refractivity contribution is 0.449. The van der Waals surface area contributed by atoms with Crippen LogP contribution in [0.25, 0.3) is 0 Å². The number of allylic oxidation sites excluding steroid dienone is 6. The normalized spacial score (nSPS) is 12.0. The highest BCUT2D eigenvalue weighted by molar-refractivity contribution is 5.36. The lowest BCUT2D eigenvalue weighted by atomic mass is 10.1. The largest absolute Gasteiger partial charge is 0.508 e. The molecule has 0 radical (unpaired) electrons. The van der Waals surface area contributed by atoms with Gasteiger partial charge in [0.05, 0.1) is 0 Å². The number of aryl methyl sites for hydroxylation is 1. The first kappa shape index (κ1) is 17.1. The zero-order chi connectivity index (χ0) is 15.3. The molecule has 0 fully saturated rings. The van der Waals surface area contributed by atoms with Crippen molar-refractivity contribution in [3.05, 3.63) is 60.2 Å². The monoisotopic (exact) mass is 286 g/mol. The Morgan fingerprint density at radius 1 is 0.810 bits per heavy atom. The highest BCUT2D eigenvalue weighted by atomic mass is 16.3. The van der Waals surface area contributed by atoms with Crippen LogP contribution < -0.4 is 0 Å². The van der Waals surface area contributed by atoms with E-state index in [-0.39, 0.29) is 11.5 Å². The van der Waals surface area contributed by atoms with Crippen molar-refractivity contribution < 1.29 is 10.2 Å². The number of unbranched alkanes of at least 4 members (excludes halogenated alkanes) is 1. The third-order valence-electron chi connectivity index (χ3n) is 3.08. The van der Waals surface area contributed by atoms with Gasteiger partial charge in [-0.25, -0.2) is 0 Å². The fourth-order valence-corrected chi connectivity index (χ4v) is 2.05. The van der Waals surface area contributed by atoms with E-state index in [4.69, 9.17) is 0 Å². The van der Waals surface area contributed by atoms with Gasteiger partial charge in [-0.05, 0) is 56.2 Å². The molecule has 0 atom stereocenters. The number of aromatic hydroxyl groups is 2. The summed E-state index contributed by atoms with van der Waals surface area (Å²) in [4.78, 5) is 0. The van der Waals surface area contributed by atoms with Gasteiger partial charge >= 0.3 is 0 Å². The molecule has 0 saturated heterocycles. The second kappa shape index (κ2) is 10.8. The minimum absolute atomic E-state index is 0.128. The standard InChI is InChI=1S/C19H26O2/c1-2-3-4-5-6-7-8-9-10-11-12-13-17-14-18(20)16-19(21)15-17/h3-4,6-7,9-10,14-16,20-21H,2,5,8,11-13H2,1H3. The van der Waals surface area contributed by atoms with Crippen molar-refractivity contribution in [2.45, 2.75) is 45.4 Å². The molecule has 0 aliphatic rings. The lowest BCUT2D eigenvalue weighted by Crippen LogP contribution is -1.84. The summed E-state index contributed by atoms with van der Waals surface area (Å²) < 4.78 is 0. The number of phenols is 2. The van der Waals surface area contributed by atoms with Crippen molar-refractivity contribution in [1.29, 1.82) is 0 Å². The predicted octanol–water partition coefficient (Wildman–Crippen LogP) is 5.28. The summed E-state index contributed by atoms with van der Waals surface area (Å²) in [5.74, 6) is 0.255. The highest BCUT2D eigenvalue weighted by Crippen LogP contribution is 2.21. The maximum atomic E-state index is 9.38. The molecule has 2 N–H and O–H groups in total. The summed E-state index contributed by atoms with van der Waals surface area (Å²) in [5, 5.41) is 18.8. The number of hydrogen-bond acceptors (Lipinski definition) is 2. The summed E-state index contributed by atoms with van der Waals surface area (Å²) in [6.07, 6.45) is 19.1. The van der Waals surface area contributed by atoms with E-state index in [1.54, 1.807) is 12.1 Å². The van der Waals surface area contributed by atoms with Gasteiger partial charge in [-0.2, -0.15) is 0 Å². The Kier molecular flexibility index (Phi) is 8.78. The molecule has 114 valence electrons. The quantitative estimate of drug-likeness (QED) is 0.479. The molecule has 1 aromatic rings. The lowest BCUT2D eigenvalue weighted by Gasteiger charge is -2.02. The average Bonchev–Trinajstić information content (AvgIpc) is 2.44. The Morgan fingerprint density at radius 3 is 2.00 bits per heavy atom. The summed E-state index contributed by atoms with van der Waals surface area (Å²) in [6.45, 7) is 2.14. The zero-order valence-corrected chi connectivity index (χ0v) is 12.8. The van der Waals surface area contributed by atoms with Crippen LogP contribution in [0, 0.1) is 0 Å². The Balaban J connectivity index is 2.13. The van der Waals surface area contributed by atoms with Gasteiger partial charge in [-0.3, -0.25) is 0 Å². The molecular formula is C19H26O2. The van der Waals surface area contributed by atoms with Crippen LogP contribution >= 0.6 is 0 Å². The van der Waals surface area contributed by atoms with E-state index in [1.165, 1.54) is 6.07 Å². The summed E-state index contributed by atoms with van der Waals surface area (Å²) >= 11 is 0. The summed E-state index contributed by atoms with van der Waals surface area (Å²) in [7, 11) is 0. The van der Waals surface area contributed by atoms with Crippen LogP contribution in [0.3, 0.4) is 0 Å². The van der Waals surface area contributed by atoms with E-state index < -0.39 is 0 Å². The molecule has 0 heterocycles. The molecule has 0 amide bonds. The summed E-state index contributed by atoms with van der Waals surface area (Å²) in [6, 6.07) is 4.76. The Morgan fingerprint density at radius 2 is 1.38 bits per heavy atom. The topological polar surface area (TPSA) is 40.5 Å². The average molecular weight is 286 g/mol. The first-order valence-corrected chi connectivity index (χ1v) is 7.69. The molecule has 2 nitrogen and oxygen atoms in total. The number of hydrogen-bond donors (Lipinski definition) is 2. The molecule has 0 unspecified atom stereocenters. The zero-order valence-electron chi connectivity index (χ0n) is 12.8. The maximum Gasteiger partial charge on any atom is 0.119 e.